The van der Waals surface area contributed by atoms with Crippen molar-refractivity contribution in [2.45, 2.75) is 0 Å². The van der Waals surface area contributed by atoms with Gasteiger partial charge in [-0.15, -0.1) is 11.1 Å². The number of hydrogen-bond acceptors (Lipinski definition) is 0. The van der Waals surface area contributed by atoms with Crippen molar-refractivity contribution in [2.75, 3.05) is 0 Å². The predicted molar refractivity (Wildman–Crippen MR) is 317 cm³/mol. The van der Waals surface area contributed by atoms with Crippen LogP contribution in [0.15, 0.2) is 279 Å². The molecule has 0 radical (unpaired) electrons. The van der Waals surface area contributed by atoms with Crippen LogP contribution in [0.2, 0.25) is 0 Å². The van der Waals surface area contributed by atoms with Crippen LogP contribution in [0, 0.1) is 24.7 Å². The molecule has 0 bridgehead atoms. The Balaban J connectivity index is 0.000000162. The van der Waals surface area contributed by atoms with E-state index in [4.69, 9.17) is 12.8 Å². The molecule has 0 nitrogen and oxygen atoms in total. The smallest absolute Gasteiger partial charge is 0.366 e. The normalized spacial score (nSPS) is 11.4. The number of fused-ring (bicyclic) bond motifs is 6. The topological polar surface area (TPSA) is 0 Å². The molecule has 0 N–H and O–H groups in total. The molecule has 0 aliphatic rings. The van der Waals surface area contributed by atoms with Crippen LogP contribution in [0.4, 0.5) is 0 Å². The molecule has 0 saturated heterocycles. The molecule has 13 aromatic carbocycles. The van der Waals surface area contributed by atoms with Gasteiger partial charge in [-0.1, -0.05) is 240 Å². The Kier molecular flexibility index (Phi) is 17.0. The maximum absolute atomic E-state index is 7.46. The second-order valence-electron chi connectivity index (χ2n) is 17.7. The van der Waals surface area contributed by atoms with E-state index in [9.17, 15) is 0 Å². The molecule has 0 aliphatic heterocycles. The molecule has 358 valence electrons. The van der Waals surface area contributed by atoms with Gasteiger partial charge in [0.15, 0.2) is 0 Å². The van der Waals surface area contributed by atoms with Crippen molar-refractivity contribution in [2.24, 2.45) is 0 Å². The van der Waals surface area contributed by atoms with Gasteiger partial charge in [0.2, 0.25) is 0 Å². The van der Waals surface area contributed by atoms with Crippen LogP contribution in [0.5, 0.6) is 0 Å². The summed E-state index contributed by atoms with van der Waals surface area (Å²) >= 11 is 0. The Morgan fingerprint density at radius 3 is 0.797 bits per heavy atom. The van der Waals surface area contributed by atoms with Gasteiger partial charge in [0.1, 0.15) is 47.7 Å². The van der Waals surface area contributed by atoms with Crippen LogP contribution in [-0.4, -0.2) is 0 Å². The molecule has 0 aliphatic carbocycles. The Labute approximate surface area is 468 Å². The first-order chi connectivity index (χ1) is 35.7. The van der Waals surface area contributed by atoms with Gasteiger partial charge in [0.25, 0.3) is 0 Å². The largest absolute Gasteiger partial charge is 1.00 e. The molecule has 0 amide bonds. The summed E-state index contributed by atoms with van der Waals surface area (Å²) in [7, 11) is -2.64. The van der Waals surface area contributed by atoms with Crippen molar-refractivity contribution in [3.05, 3.63) is 303 Å². The average molecular weight is 1170 g/mol. The quantitative estimate of drug-likeness (QED) is 0.0512. The molecule has 2 atom stereocenters. The summed E-state index contributed by atoms with van der Waals surface area (Å²) in [5.74, 6) is 5.13. The Bertz CT molecular complexity index is 3770. The zero-order chi connectivity index (χ0) is 48.6. The molecular weight excluding hydrogens is 1120 g/mol. The third kappa shape index (κ3) is 10.6. The zero-order valence-corrected chi connectivity index (χ0v) is 45.1. The second-order valence-corrected chi connectivity index (χ2v) is 22.5. The molecule has 13 rings (SSSR count). The minimum Gasteiger partial charge on any atom is -0.366 e. The molecule has 2 unspecified atom stereocenters. The van der Waals surface area contributed by atoms with Crippen LogP contribution in [0.3, 0.4) is 0 Å². The molecule has 0 fully saturated rings. The summed E-state index contributed by atoms with van der Waals surface area (Å²) in [5, 5.41) is 23.1. The van der Waals surface area contributed by atoms with Gasteiger partial charge in [0, 0.05) is 10.8 Å². The van der Waals surface area contributed by atoms with Gasteiger partial charge in [-0.3, -0.25) is 11.8 Å². The van der Waals surface area contributed by atoms with Crippen molar-refractivity contribution in [3.63, 3.8) is 0 Å². The van der Waals surface area contributed by atoms with E-state index in [0.29, 0.717) is 0 Å². The van der Waals surface area contributed by atoms with E-state index in [1.807, 2.05) is 72.8 Å². The summed E-state index contributed by atoms with van der Waals surface area (Å²) in [4.78, 5) is 0. The number of benzene rings is 13. The third-order valence-electron chi connectivity index (χ3n) is 13.5. The first-order valence-corrected chi connectivity index (χ1v) is 27.3. The molecule has 74 heavy (non-hydrogen) atoms. The van der Waals surface area contributed by atoms with Crippen LogP contribution < -0.4 is 31.8 Å². The predicted octanol–water partition coefficient (Wildman–Crippen LogP) is 14.8. The fourth-order valence-corrected chi connectivity index (χ4v) is 16.6. The maximum atomic E-state index is 7.46. The van der Waals surface area contributed by atoms with Gasteiger partial charge in [-0.2, -0.15) is 0 Å². The van der Waals surface area contributed by atoms with E-state index in [-0.39, 0.29) is 44.8 Å². The van der Waals surface area contributed by atoms with Gasteiger partial charge in [-0.05, 0) is 93.0 Å². The van der Waals surface area contributed by atoms with Gasteiger partial charge in [0.05, 0.1) is 0 Å². The maximum Gasteiger partial charge on any atom is 1.00 e. The van der Waals surface area contributed by atoms with Crippen LogP contribution in [-0.2, 0) is 44.8 Å². The molecule has 0 aromatic heterocycles. The van der Waals surface area contributed by atoms with Crippen LogP contribution in [0.25, 0.3) is 64.6 Å². The number of rotatable bonds is 6. The monoisotopic (exact) mass is 1160 g/mol. The van der Waals surface area contributed by atoms with Crippen molar-refractivity contribution in [1.82, 2.24) is 0 Å². The van der Waals surface area contributed by atoms with E-state index in [2.05, 4.69) is 218 Å². The van der Waals surface area contributed by atoms with Crippen molar-refractivity contribution >= 4 is 112 Å². The molecular formula is C70H48Ag2P2+2. The minimum atomic E-state index is -1.32. The van der Waals surface area contributed by atoms with Gasteiger partial charge >= 0.3 is 44.8 Å². The van der Waals surface area contributed by atoms with Gasteiger partial charge in [-0.25, -0.2) is 0 Å². The van der Waals surface area contributed by atoms with Crippen LogP contribution in [0.1, 0.15) is 11.1 Å². The van der Waals surface area contributed by atoms with Gasteiger partial charge < -0.3 is 12.8 Å². The summed E-state index contributed by atoms with van der Waals surface area (Å²) in [6, 6.07) is 99.9. The fraction of sp³-hybridized carbons (Fsp3) is 0. The van der Waals surface area contributed by atoms with E-state index >= 15 is 0 Å². The van der Waals surface area contributed by atoms with E-state index in [0.717, 1.165) is 54.2 Å². The molecule has 0 spiro atoms. The fourth-order valence-electron chi connectivity index (χ4n) is 10.2. The third-order valence-corrected chi connectivity index (χ3v) is 19.5. The number of hydrogen-bond donors (Lipinski definition) is 0. The van der Waals surface area contributed by atoms with E-state index in [1.165, 1.54) is 53.4 Å². The van der Waals surface area contributed by atoms with Crippen molar-refractivity contribution in [3.8, 4) is 11.8 Å². The molecule has 4 heteroatoms. The second kappa shape index (κ2) is 24.3. The van der Waals surface area contributed by atoms with Crippen molar-refractivity contribution < 1.29 is 44.8 Å². The standard InChI is InChI=1S/C38H28P2.2C16H9.2Ag/c1-3-19-31(20-4-1)39(35-27-13-17-29-15-7-9-23-33(29)35)37-25-11-12-26-38(37)40(32-21-5-2-6-22-32)36-28-14-18-30-16-8-10-24-34(30)36;2*1-2-14-15-9-5-3-7-12(15)11-13-8-4-6-10-16(13)14;;/h1-28H;2*3-11H;;/q;2*-1;2*+1/p+2. The molecule has 13 aromatic rings. The molecule has 0 heterocycles. The summed E-state index contributed by atoms with van der Waals surface area (Å²) in [6.45, 7) is 0. The first kappa shape index (κ1) is 51.8. The zero-order valence-electron chi connectivity index (χ0n) is 40.2. The Morgan fingerprint density at radius 1 is 0.230 bits per heavy atom. The molecule has 0 saturated carbocycles. The van der Waals surface area contributed by atoms with E-state index < -0.39 is 15.8 Å². The Morgan fingerprint density at radius 2 is 0.473 bits per heavy atom. The first-order valence-electron chi connectivity index (χ1n) is 24.3. The Hall–Kier alpha value is -7.12. The SMILES string of the molecule is [Ag+].[Ag+].[C-]#Cc1c2ccccc2cc2ccccc12.[C-]#Cc1c2ccccc2cc2ccccc12.c1ccc([PH+](c2ccccc2[PH+](c2ccccc2)c2cccc3ccccc23)c2cccc3ccccc23)cc1. The summed E-state index contributed by atoms with van der Waals surface area (Å²) < 4.78 is 0. The van der Waals surface area contributed by atoms with Crippen molar-refractivity contribution in [1.29, 1.82) is 0 Å². The van der Waals surface area contributed by atoms with Crippen LogP contribution >= 0.6 is 15.8 Å². The minimum absolute atomic E-state index is 0. The average Bonchev–Trinajstić information content (AvgIpc) is 3.46. The summed E-state index contributed by atoms with van der Waals surface area (Å²) in [6.07, 6.45) is 14.9. The summed E-state index contributed by atoms with van der Waals surface area (Å²) in [5.41, 5.74) is 1.77. The van der Waals surface area contributed by atoms with E-state index in [1.54, 1.807) is 0 Å².